The van der Waals surface area contributed by atoms with Crippen molar-refractivity contribution in [1.29, 1.82) is 0 Å². The van der Waals surface area contributed by atoms with Crippen molar-refractivity contribution in [3.05, 3.63) is 35.7 Å². The summed E-state index contributed by atoms with van der Waals surface area (Å²) >= 11 is 0. The summed E-state index contributed by atoms with van der Waals surface area (Å²) in [4.78, 5) is 0. The first-order chi connectivity index (χ1) is 8.22. The highest BCUT2D eigenvalue weighted by Crippen LogP contribution is 2.19. The summed E-state index contributed by atoms with van der Waals surface area (Å²) in [7, 11) is 1.65. The predicted molar refractivity (Wildman–Crippen MR) is 67.8 cm³/mol. The van der Waals surface area contributed by atoms with Gasteiger partial charge in [0.2, 0.25) is 0 Å². The summed E-state index contributed by atoms with van der Waals surface area (Å²) in [6.07, 6.45) is 0.682. The van der Waals surface area contributed by atoms with E-state index in [1.165, 1.54) is 0 Å². The highest BCUT2D eigenvalue weighted by atomic mass is 16.5. The maximum Gasteiger partial charge on any atom is 0.0725 e. The van der Waals surface area contributed by atoms with Crippen molar-refractivity contribution in [2.24, 2.45) is 5.73 Å². The van der Waals surface area contributed by atoms with E-state index in [-0.39, 0.29) is 6.04 Å². The van der Waals surface area contributed by atoms with E-state index in [0.29, 0.717) is 13.0 Å². The first-order valence-corrected chi connectivity index (χ1v) is 5.67. The zero-order chi connectivity index (χ0) is 12.3. The van der Waals surface area contributed by atoms with Crippen LogP contribution in [-0.2, 0) is 11.2 Å². The van der Waals surface area contributed by atoms with E-state index in [9.17, 15) is 0 Å². The van der Waals surface area contributed by atoms with Crippen LogP contribution in [0.3, 0.4) is 0 Å². The minimum Gasteiger partial charge on any atom is -0.383 e. The van der Waals surface area contributed by atoms with Gasteiger partial charge in [0, 0.05) is 30.3 Å². The van der Waals surface area contributed by atoms with Gasteiger partial charge in [-0.3, -0.25) is 0 Å². The SMILES string of the molecule is COCC(N)Cc1nnc(C)c2ccccc12. The molecule has 1 heterocycles. The Labute approximate surface area is 101 Å². The zero-order valence-electron chi connectivity index (χ0n) is 10.2. The fraction of sp³-hybridized carbons (Fsp3) is 0.385. The largest absolute Gasteiger partial charge is 0.383 e. The van der Waals surface area contributed by atoms with Gasteiger partial charge in [0.15, 0.2) is 0 Å². The number of aromatic nitrogens is 2. The van der Waals surface area contributed by atoms with E-state index in [4.69, 9.17) is 10.5 Å². The monoisotopic (exact) mass is 231 g/mol. The fourth-order valence-corrected chi connectivity index (χ4v) is 1.97. The lowest BCUT2D eigenvalue weighted by molar-refractivity contribution is 0.179. The Morgan fingerprint density at radius 3 is 2.65 bits per heavy atom. The second kappa shape index (κ2) is 5.21. The quantitative estimate of drug-likeness (QED) is 0.865. The number of hydrogen-bond donors (Lipinski definition) is 1. The molecule has 0 saturated heterocycles. The van der Waals surface area contributed by atoms with Gasteiger partial charge in [-0.2, -0.15) is 10.2 Å². The number of ether oxygens (including phenoxy) is 1. The van der Waals surface area contributed by atoms with Gasteiger partial charge >= 0.3 is 0 Å². The maximum atomic E-state index is 5.95. The Morgan fingerprint density at radius 1 is 1.24 bits per heavy atom. The topological polar surface area (TPSA) is 61.0 Å². The molecule has 0 radical (unpaired) electrons. The lowest BCUT2D eigenvalue weighted by Crippen LogP contribution is -2.28. The Bertz CT molecular complexity index is 513. The Hall–Kier alpha value is -1.52. The molecule has 0 bridgehead atoms. The Balaban J connectivity index is 2.38. The molecule has 0 fully saturated rings. The Morgan fingerprint density at radius 2 is 1.94 bits per heavy atom. The van der Waals surface area contributed by atoms with Crippen LogP contribution in [0, 0.1) is 6.92 Å². The van der Waals surface area contributed by atoms with Crippen molar-refractivity contribution in [3.8, 4) is 0 Å². The molecule has 1 atom stereocenters. The number of benzene rings is 1. The van der Waals surface area contributed by atoms with Crippen LogP contribution in [0.5, 0.6) is 0 Å². The molecular formula is C13H17N3O. The van der Waals surface area contributed by atoms with Crippen molar-refractivity contribution >= 4 is 10.8 Å². The molecule has 0 amide bonds. The number of nitrogens with zero attached hydrogens (tertiary/aromatic N) is 2. The van der Waals surface area contributed by atoms with Crippen molar-refractivity contribution < 1.29 is 4.74 Å². The number of nitrogens with two attached hydrogens (primary N) is 1. The van der Waals surface area contributed by atoms with E-state index in [2.05, 4.69) is 22.3 Å². The van der Waals surface area contributed by atoms with E-state index in [1.807, 2.05) is 19.1 Å². The summed E-state index contributed by atoms with van der Waals surface area (Å²) in [5.41, 5.74) is 7.84. The van der Waals surface area contributed by atoms with Gasteiger partial charge in [-0.05, 0) is 6.92 Å². The second-order valence-corrected chi connectivity index (χ2v) is 4.20. The van der Waals surface area contributed by atoms with E-state index in [1.54, 1.807) is 7.11 Å². The summed E-state index contributed by atoms with van der Waals surface area (Å²) in [6, 6.07) is 8.10. The average molecular weight is 231 g/mol. The van der Waals surface area contributed by atoms with Gasteiger partial charge in [0.1, 0.15) is 0 Å². The van der Waals surface area contributed by atoms with E-state index >= 15 is 0 Å². The van der Waals surface area contributed by atoms with Gasteiger partial charge in [0.25, 0.3) is 0 Å². The third kappa shape index (κ3) is 2.60. The highest BCUT2D eigenvalue weighted by molar-refractivity contribution is 5.86. The molecule has 90 valence electrons. The lowest BCUT2D eigenvalue weighted by atomic mass is 10.0. The van der Waals surface area contributed by atoms with Crippen LogP contribution in [0.15, 0.2) is 24.3 Å². The normalized spacial score (nSPS) is 12.9. The van der Waals surface area contributed by atoms with Crippen molar-refractivity contribution in [1.82, 2.24) is 10.2 Å². The molecule has 0 saturated carbocycles. The summed E-state index contributed by atoms with van der Waals surface area (Å²) in [6.45, 7) is 2.50. The fourth-order valence-electron chi connectivity index (χ4n) is 1.97. The molecule has 4 heteroatoms. The predicted octanol–water partition coefficient (Wildman–Crippen LogP) is 1.45. The van der Waals surface area contributed by atoms with Gasteiger partial charge in [-0.25, -0.2) is 0 Å². The van der Waals surface area contributed by atoms with Crippen molar-refractivity contribution in [2.45, 2.75) is 19.4 Å². The van der Waals surface area contributed by atoms with Crippen molar-refractivity contribution in [3.63, 3.8) is 0 Å². The summed E-state index contributed by atoms with van der Waals surface area (Å²) < 4.78 is 5.04. The smallest absolute Gasteiger partial charge is 0.0725 e. The Kier molecular flexibility index (Phi) is 3.66. The molecule has 17 heavy (non-hydrogen) atoms. The molecule has 2 rings (SSSR count). The molecule has 1 unspecified atom stereocenters. The molecule has 1 aromatic heterocycles. The molecule has 2 N–H and O–H groups in total. The molecule has 0 aliphatic rings. The number of hydrogen-bond acceptors (Lipinski definition) is 4. The number of aryl methyl sites for hydroxylation is 1. The molecule has 1 aromatic carbocycles. The molecular weight excluding hydrogens is 214 g/mol. The van der Waals surface area contributed by atoms with Crippen LogP contribution < -0.4 is 5.73 Å². The number of rotatable bonds is 4. The van der Waals surface area contributed by atoms with Crippen molar-refractivity contribution in [2.75, 3.05) is 13.7 Å². The molecule has 4 nitrogen and oxygen atoms in total. The van der Waals surface area contributed by atoms with Crippen LogP contribution >= 0.6 is 0 Å². The summed E-state index contributed by atoms with van der Waals surface area (Å²) in [5, 5.41) is 10.7. The van der Waals surface area contributed by atoms with Crippen LogP contribution in [0.25, 0.3) is 10.8 Å². The third-order valence-electron chi connectivity index (χ3n) is 2.78. The standard InChI is InChI=1S/C13H17N3O/c1-9-11-5-3-4-6-12(11)13(16-15-9)7-10(14)8-17-2/h3-6,10H,7-8,14H2,1-2H3. The molecule has 0 spiro atoms. The molecule has 0 aliphatic carbocycles. The number of fused-ring (bicyclic) bond motifs is 1. The van der Waals surface area contributed by atoms with Crippen LogP contribution in [0.2, 0.25) is 0 Å². The first-order valence-electron chi connectivity index (χ1n) is 5.67. The van der Waals surface area contributed by atoms with Gasteiger partial charge in [0.05, 0.1) is 18.0 Å². The minimum atomic E-state index is -0.0413. The van der Waals surface area contributed by atoms with Gasteiger partial charge in [-0.1, -0.05) is 24.3 Å². The highest BCUT2D eigenvalue weighted by Gasteiger charge is 2.10. The number of methoxy groups -OCH3 is 1. The average Bonchev–Trinajstić information content (AvgIpc) is 2.34. The van der Waals surface area contributed by atoms with E-state index < -0.39 is 0 Å². The van der Waals surface area contributed by atoms with Crippen LogP contribution in [-0.4, -0.2) is 30.0 Å². The second-order valence-electron chi connectivity index (χ2n) is 4.20. The third-order valence-corrected chi connectivity index (χ3v) is 2.78. The van der Waals surface area contributed by atoms with Gasteiger partial charge < -0.3 is 10.5 Å². The molecule has 0 aliphatic heterocycles. The van der Waals surface area contributed by atoms with Crippen LogP contribution in [0.1, 0.15) is 11.4 Å². The summed E-state index contributed by atoms with van der Waals surface area (Å²) in [5.74, 6) is 0. The maximum absolute atomic E-state index is 5.95. The van der Waals surface area contributed by atoms with Gasteiger partial charge in [-0.15, -0.1) is 0 Å². The molecule has 2 aromatic rings. The zero-order valence-corrected chi connectivity index (χ0v) is 10.2. The lowest BCUT2D eigenvalue weighted by Gasteiger charge is -2.11. The van der Waals surface area contributed by atoms with Crippen LogP contribution in [0.4, 0.5) is 0 Å². The van der Waals surface area contributed by atoms with E-state index in [0.717, 1.165) is 22.2 Å². The first kappa shape index (κ1) is 12.0. The minimum absolute atomic E-state index is 0.0413.